The van der Waals surface area contributed by atoms with Crippen molar-refractivity contribution in [1.82, 2.24) is 5.32 Å². The Kier molecular flexibility index (Phi) is 8.59. The SMILES string of the molecule is CC(C)Oc1ccc(C(O)CNC(=O)[C@@H](N)C(C)(C)C)cc1.Cl. The van der Waals surface area contributed by atoms with E-state index in [0.717, 1.165) is 11.3 Å². The van der Waals surface area contributed by atoms with Gasteiger partial charge in [-0.2, -0.15) is 0 Å². The number of aliphatic hydroxyl groups is 1. The molecule has 1 rings (SSSR count). The van der Waals surface area contributed by atoms with Gasteiger partial charge in [-0.3, -0.25) is 4.79 Å². The van der Waals surface area contributed by atoms with Gasteiger partial charge in [-0.05, 0) is 37.0 Å². The van der Waals surface area contributed by atoms with Crippen LogP contribution in [0.1, 0.15) is 46.3 Å². The van der Waals surface area contributed by atoms with Crippen LogP contribution in [-0.2, 0) is 4.79 Å². The van der Waals surface area contributed by atoms with Gasteiger partial charge in [0, 0.05) is 6.54 Å². The van der Waals surface area contributed by atoms with Crippen LogP contribution < -0.4 is 15.8 Å². The lowest BCUT2D eigenvalue weighted by Gasteiger charge is -2.26. The van der Waals surface area contributed by atoms with Crippen LogP contribution in [0.25, 0.3) is 0 Å². The molecular formula is C17H29ClN2O3. The van der Waals surface area contributed by atoms with Crippen molar-refractivity contribution < 1.29 is 14.6 Å². The summed E-state index contributed by atoms with van der Waals surface area (Å²) < 4.78 is 5.55. The average molecular weight is 345 g/mol. The van der Waals surface area contributed by atoms with E-state index in [4.69, 9.17) is 10.5 Å². The number of carbonyl (C=O) groups excluding carboxylic acids is 1. The van der Waals surface area contributed by atoms with Crippen LogP contribution >= 0.6 is 12.4 Å². The first-order valence-electron chi connectivity index (χ1n) is 7.59. The Morgan fingerprint density at radius 3 is 2.22 bits per heavy atom. The highest BCUT2D eigenvalue weighted by Gasteiger charge is 2.27. The van der Waals surface area contributed by atoms with Crippen LogP contribution in [0.15, 0.2) is 24.3 Å². The molecular weight excluding hydrogens is 316 g/mol. The van der Waals surface area contributed by atoms with Gasteiger partial charge in [-0.15, -0.1) is 12.4 Å². The lowest BCUT2D eigenvalue weighted by molar-refractivity contribution is -0.125. The Balaban J connectivity index is 0.00000484. The molecule has 5 nitrogen and oxygen atoms in total. The van der Waals surface area contributed by atoms with Crippen LogP contribution in [0.4, 0.5) is 0 Å². The smallest absolute Gasteiger partial charge is 0.237 e. The van der Waals surface area contributed by atoms with Gasteiger partial charge < -0.3 is 20.9 Å². The van der Waals surface area contributed by atoms with Crippen LogP contribution in [0.3, 0.4) is 0 Å². The summed E-state index contributed by atoms with van der Waals surface area (Å²) in [5, 5.41) is 12.8. The molecule has 2 atom stereocenters. The summed E-state index contributed by atoms with van der Waals surface area (Å²) >= 11 is 0. The first-order chi connectivity index (χ1) is 10.1. The number of rotatable bonds is 6. The Morgan fingerprint density at radius 1 is 1.26 bits per heavy atom. The fourth-order valence-electron chi connectivity index (χ4n) is 1.86. The number of hydrogen-bond donors (Lipinski definition) is 3. The molecule has 0 saturated carbocycles. The van der Waals surface area contributed by atoms with E-state index >= 15 is 0 Å². The molecule has 0 aliphatic heterocycles. The van der Waals surface area contributed by atoms with Gasteiger partial charge in [0.25, 0.3) is 0 Å². The quantitative estimate of drug-likeness (QED) is 0.740. The van der Waals surface area contributed by atoms with Gasteiger partial charge in [-0.25, -0.2) is 0 Å². The summed E-state index contributed by atoms with van der Waals surface area (Å²) in [5.74, 6) is 0.496. The average Bonchev–Trinajstić information content (AvgIpc) is 2.42. The zero-order valence-corrected chi connectivity index (χ0v) is 15.3. The van der Waals surface area contributed by atoms with Crippen LogP contribution in [0.5, 0.6) is 5.75 Å². The van der Waals surface area contributed by atoms with E-state index in [0.29, 0.717) is 0 Å². The molecule has 1 aromatic carbocycles. The van der Waals surface area contributed by atoms with Crippen molar-refractivity contribution in [3.63, 3.8) is 0 Å². The minimum atomic E-state index is -0.774. The topological polar surface area (TPSA) is 84.6 Å². The van der Waals surface area contributed by atoms with E-state index in [9.17, 15) is 9.90 Å². The minimum absolute atomic E-state index is 0. The third-order valence-electron chi connectivity index (χ3n) is 3.32. The van der Waals surface area contributed by atoms with Crippen LogP contribution in [0, 0.1) is 5.41 Å². The molecule has 0 heterocycles. The largest absolute Gasteiger partial charge is 0.491 e. The third-order valence-corrected chi connectivity index (χ3v) is 3.32. The monoisotopic (exact) mass is 344 g/mol. The lowest BCUT2D eigenvalue weighted by atomic mass is 9.87. The number of halogens is 1. The summed E-state index contributed by atoms with van der Waals surface area (Å²) in [7, 11) is 0. The summed E-state index contributed by atoms with van der Waals surface area (Å²) in [4.78, 5) is 11.9. The molecule has 1 aromatic rings. The van der Waals surface area contributed by atoms with Gasteiger partial charge >= 0.3 is 0 Å². The number of ether oxygens (including phenoxy) is 1. The molecule has 23 heavy (non-hydrogen) atoms. The van der Waals surface area contributed by atoms with E-state index in [1.54, 1.807) is 24.3 Å². The van der Waals surface area contributed by atoms with E-state index in [1.807, 2.05) is 34.6 Å². The second kappa shape index (κ2) is 9.11. The molecule has 4 N–H and O–H groups in total. The summed E-state index contributed by atoms with van der Waals surface area (Å²) in [6.45, 7) is 9.75. The number of nitrogens with two attached hydrogens (primary N) is 1. The number of nitrogens with one attached hydrogen (secondary N) is 1. The molecule has 0 spiro atoms. The third kappa shape index (κ3) is 7.20. The van der Waals surface area contributed by atoms with Crippen molar-refractivity contribution in [1.29, 1.82) is 0 Å². The lowest BCUT2D eigenvalue weighted by Crippen LogP contribution is -2.49. The Hall–Kier alpha value is -1.30. The number of aliphatic hydroxyl groups excluding tert-OH is 1. The molecule has 0 aliphatic carbocycles. The predicted molar refractivity (Wildman–Crippen MR) is 94.9 cm³/mol. The van der Waals surface area contributed by atoms with E-state index in [2.05, 4.69) is 5.32 Å². The highest BCUT2D eigenvalue weighted by molar-refractivity contribution is 5.85. The highest BCUT2D eigenvalue weighted by atomic mass is 35.5. The van der Waals surface area contributed by atoms with Crippen molar-refractivity contribution in [3.8, 4) is 5.75 Å². The molecule has 0 aliphatic rings. The molecule has 132 valence electrons. The summed E-state index contributed by atoms with van der Waals surface area (Å²) in [6, 6.07) is 6.58. The molecule has 6 heteroatoms. The van der Waals surface area contributed by atoms with Crippen molar-refractivity contribution in [2.24, 2.45) is 11.1 Å². The number of hydrogen-bond acceptors (Lipinski definition) is 4. The molecule has 0 fully saturated rings. The molecule has 0 bridgehead atoms. The number of carbonyl (C=O) groups is 1. The summed E-state index contributed by atoms with van der Waals surface area (Å²) in [5.41, 5.74) is 6.28. The van der Waals surface area contributed by atoms with Gasteiger partial charge in [0.05, 0.1) is 18.2 Å². The normalized spacial score (nSPS) is 13.9. The van der Waals surface area contributed by atoms with E-state index in [1.165, 1.54) is 0 Å². The Bertz CT molecular complexity index is 484. The zero-order valence-electron chi connectivity index (χ0n) is 14.5. The first-order valence-corrected chi connectivity index (χ1v) is 7.59. The van der Waals surface area contributed by atoms with Gasteiger partial charge in [0.15, 0.2) is 0 Å². The molecule has 0 radical (unpaired) electrons. The molecule has 1 unspecified atom stereocenters. The maximum atomic E-state index is 11.9. The maximum absolute atomic E-state index is 11.9. The second-order valence-electron chi connectivity index (χ2n) is 6.84. The van der Waals surface area contributed by atoms with Gasteiger partial charge in [-0.1, -0.05) is 32.9 Å². The maximum Gasteiger partial charge on any atom is 0.237 e. The summed E-state index contributed by atoms with van der Waals surface area (Å²) in [6.07, 6.45) is -0.668. The fraction of sp³-hybridized carbons (Fsp3) is 0.588. The van der Waals surface area contributed by atoms with Gasteiger partial charge in [0.2, 0.25) is 5.91 Å². The minimum Gasteiger partial charge on any atom is -0.491 e. The predicted octanol–water partition coefficient (Wildman–Crippen LogP) is 2.42. The number of amides is 1. The molecule has 1 amide bonds. The van der Waals surface area contributed by atoms with Crippen molar-refractivity contribution >= 4 is 18.3 Å². The number of benzene rings is 1. The van der Waals surface area contributed by atoms with Crippen molar-refractivity contribution in [2.75, 3.05) is 6.54 Å². The highest BCUT2D eigenvalue weighted by Crippen LogP contribution is 2.19. The Labute approximate surface area is 145 Å². The second-order valence-corrected chi connectivity index (χ2v) is 6.84. The molecule has 0 aromatic heterocycles. The fourth-order valence-corrected chi connectivity index (χ4v) is 1.86. The first kappa shape index (κ1) is 21.7. The standard InChI is InChI=1S/C17H28N2O3.ClH/c1-11(2)22-13-8-6-12(7-9-13)14(20)10-19-16(21)15(18)17(3,4)5;/h6-9,11,14-15,20H,10,18H2,1-5H3,(H,19,21);1H/t14?,15-;/m1./s1. The van der Waals surface area contributed by atoms with Crippen molar-refractivity contribution in [2.45, 2.75) is 52.9 Å². The van der Waals surface area contributed by atoms with Crippen molar-refractivity contribution in [3.05, 3.63) is 29.8 Å². The van der Waals surface area contributed by atoms with Crippen LogP contribution in [0.2, 0.25) is 0 Å². The molecule has 0 saturated heterocycles. The van der Waals surface area contributed by atoms with E-state index in [-0.39, 0.29) is 36.4 Å². The Morgan fingerprint density at radius 2 is 1.78 bits per heavy atom. The van der Waals surface area contributed by atoms with Gasteiger partial charge in [0.1, 0.15) is 5.75 Å². The zero-order chi connectivity index (χ0) is 16.9. The van der Waals surface area contributed by atoms with E-state index < -0.39 is 12.1 Å². The van der Waals surface area contributed by atoms with Crippen LogP contribution in [-0.4, -0.2) is 29.7 Å².